The van der Waals surface area contributed by atoms with Crippen LogP contribution in [0.25, 0.3) is 11.3 Å². The van der Waals surface area contributed by atoms with Gasteiger partial charge in [0.05, 0.1) is 22.3 Å². The average molecular weight is 284 g/mol. The van der Waals surface area contributed by atoms with Gasteiger partial charge in [-0.1, -0.05) is 0 Å². The smallest absolute Gasteiger partial charge is 0.133 e. The molecule has 0 aliphatic rings. The van der Waals surface area contributed by atoms with Gasteiger partial charge in [0, 0.05) is 10.9 Å². The number of benzene rings is 1. The van der Waals surface area contributed by atoms with Gasteiger partial charge in [0.1, 0.15) is 5.75 Å². The molecule has 0 atom stereocenters. The quantitative estimate of drug-likeness (QED) is 0.850. The first-order valence-electron chi connectivity index (χ1n) is 4.62. The highest BCUT2D eigenvalue weighted by molar-refractivity contribution is 9.10. The second-order valence-electron chi connectivity index (χ2n) is 2.95. The zero-order valence-electron chi connectivity index (χ0n) is 8.24. The van der Waals surface area contributed by atoms with Gasteiger partial charge in [-0.3, -0.25) is 0 Å². The van der Waals surface area contributed by atoms with Crippen LogP contribution in [0, 0.1) is 0 Å². The molecular formula is C11H10BrNOS. The van der Waals surface area contributed by atoms with Crippen LogP contribution in [0.2, 0.25) is 0 Å². The topological polar surface area (TPSA) is 22.1 Å². The molecule has 2 aromatic rings. The van der Waals surface area contributed by atoms with E-state index in [1.54, 1.807) is 11.3 Å². The monoisotopic (exact) mass is 283 g/mol. The minimum atomic E-state index is 0.675. The molecule has 2 nitrogen and oxygen atoms in total. The molecule has 78 valence electrons. The SMILES string of the molecule is CCOc1ccc(-c2cscn2)cc1Br. The zero-order chi connectivity index (χ0) is 10.7. The van der Waals surface area contributed by atoms with Crippen LogP contribution < -0.4 is 4.74 Å². The van der Waals surface area contributed by atoms with Crippen LogP contribution in [-0.2, 0) is 0 Å². The van der Waals surface area contributed by atoms with E-state index in [2.05, 4.69) is 20.9 Å². The molecule has 1 aromatic heterocycles. The highest BCUT2D eigenvalue weighted by Crippen LogP contribution is 2.30. The van der Waals surface area contributed by atoms with Crippen LogP contribution >= 0.6 is 27.3 Å². The molecule has 0 aliphatic heterocycles. The van der Waals surface area contributed by atoms with E-state index >= 15 is 0 Å². The highest BCUT2D eigenvalue weighted by atomic mass is 79.9. The maximum atomic E-state index is 5.44. The Hall–Kier alpha value is -0.870. The molecule has 15 heavy (non-hydrogen) atoms. The number of aromatic nitrogens is 1. The molecule has 0 unspecified atom stereocenters. The number of hydrogen-bond donors (Lipinski definition) is 0. The minimum absolute atomic E-state index is 0.675. The number of halogens is 1. The van der Waals surface area contributed by atoms with E-state index in [1.165, 1.54) is 0 Å². The second-order valence-corrected chi connectivity index (χ2v) is 4.52. The number of ether oxygens (including phenoxy) is 1. The Morgan fingerprint density at radius 2 is 2.33 bits per heavy atom. The third kappa shape index (κ3) is 2.38. The fourth-order valence-electron chi connectivity index (χ4n) is 1.29. The van der Waals surface area contributed by atoms with Gasteiger partial charge < -0.3 is 4.74 Å². The summed E-state index contributed by atoms with van der Waals surface area (Å²) in [5.41, 5.74) is 3.94. The van der Waals surface area contributed by atoms with Crippen molar-refractivity contribution >= 4 is 27.3 Å². The van der Waals surface area contributed by atoms with Crippen molar-refractivity contribution < 1.29 is 4.74 Å². The molecule has 4 heteroatoms. The van der Waals surface area contributed by atoms with Crippen LogP contribution in [0.5, 0.6) is 5.75 Å². The molecule has 0 fully saturated rings. The first-order valence-corrected chi connectivity index (χ1v) is 6.35. The van der Waals surface area contributed by atoms with Crippen LogP contribution in [0.1, 0.15) is 6.92 Å². The number of rotatable bonds is 3. The highest BCUT2D eigenvalue weighted by Gasteiger charge is 2.04. The lowest BCUT2D eigenvalue weighted by Crippen LogP contribution is -1.92. The summed E-state index contributed by atoms with van der Waals surface area (Å²) in [6.07, 6.45) is 0. The third-order valence-corrected chi connectivity index (χ3v) is 3.17. The van der Waals surface area contributed by atoms with Gasteiger partial charge in [-0.15, -0.1) is 11.3 Å². The van der Waals surface area contributed by atoms with E-state index in [0.717, 1.165) is 21.5 Å². The molecule has 2 rings (SSSR count). The Bertz CT molecular complexity index is 442. The molecule has 0 N–H and O–H groups in total. The summed E-state index contributed by atoms with van der Waals surface area (Å²) in [5.74, 6) is 0.872. The van der Waals surface area contributed by atoms with E-state index in [0.29, 0.717) is 6.61 Å². The van der Waals surface area contributed by atoms with Crippen molar-refractivity contribution in [3.8, 4) is 17.0 Å². The fourth-order valence-corrected chi connectivity index (χ4v) is 2.34. The molecule has 0 aliphatic carbocycles. The zero-order valence-corrected chi connectivity index (χ0v) is 10.6. The van der Waals surface area contributed by atoms with E-state index in [-0.39, 0.29) is 0 Å². The lowest BCUT2D eigenvalue weighted by Gasteiger charge is -2.06. The Morgan fingerprint density at radius 1 is 1.47 bits per heavy atom. The predicted molar refractivity (Wildman–Crippen MR) is 66.4 cm³/mol. The van der Waals surface area contributed by atoms with Crippen molar-refractivity contribution in [2.45, 2.75) is 6.92 Å². The summed E-state index contributed by atoms with van der Waals surface area (Å²) in [7, 11) is 0. The van der Waals surface area contributed by atoms with Crippen molar-refractivity contribution in [3.63, 3.8) is 0 Å². The van der Waals surface area contributed by atoms with E-state index < -0.39 is 0 Å². The van der Waals surface area contributed by atoms with Crippen molar-refractivity contribution in [1.29, 1.82) is 0 Å². The third-order valence-electron chi connectivity index (χ3n) is 1.96. The van der Waals surface area contributed by atoms with Crippen LogP contribution in [0.4, 0.5) is 0 Å². The molecule has 0 bridgehead atoms. The molecule has 0 radical (unpaired) electrons. The average Bonchev–Trinajstić information content (AvgIpc) is 2.74. The van der Waals surface area contributed by atoms with Gasteiger partial charge in [0.25, 0.3) is 0 Å². The molecular weight excluding hydrogens is 274 g/mol. The van der Waals surface area contributed by atoms with Gasteiger partial charge >= 0.3 is 0 Å². The number of hydrogen-bond acceptors (Lipinski definition) is 3. The van der Waals surface area contributed by atoms with Crippen LogP contribution in [0.3, 0.4) is 0 Å². The lowest BCUT2D eigenvalue weighted by atomic mass is 10.2. The summed E-state index contributed by atoms with van der Waals surface area (Å²) >= 11 is 5.08. The Kier molecular flexibility index (Phi) is 3.38. The summed E-state index contributed by atoms with van der Waals surface area (Å²) < 4.78 is 6.41. The van der Waals surface area contributed by atoms with Gasteiger partial charge in [0.15, 0.2) is 0 Å². The minimum Gasteiger partial charge on any atom is -0.493 e. The van der Waals surface area contributed by atoms with Crippen molar-refractivity contribution in [2.24, 2.45) is 0 Å². The first kappa shape index (κ1) is 10.6. The van der Waals surface area contributed by atoms with Gasteiger partial charge in [-0.2, -0.15) is 0 Å². The maximum absolute atomic E-state index is 5.44. The molecule has 0 amide bonds. The predicted octanol–water partition coefficient (Wildman–Crippen LogP) is 3.97. The molecule has 0 saturated heterocycles. The normalized spacial score (nSPS) is 10.3. The summed E-state index contributed by atoms with van der Waals surface area (Å²) in [6.45, 7) is 2.65. The van der Waals surface area contributed by atoms with Gasteiger partial charge in [-0.05, 0) is 41.1 Å². The summed E-state index contributed by atoms with van der Waals surface area (Å²) in [6, 6.07) is 6.01. The maximum Gasteiger partial charge on any atom is 0.133 e. The Balaban J connectivity index is 2.33. The standard InChI is InChI=1S/C11H10BrNOS/c1-2-14-11-4-3-8(5-9(11)12)10-6-15-7-13-10/h3-7H,2H2,1H3. The van der Waals surface area contributed by atoms with Crippen molar-refractivity contribution in [3.05, 3.63) is 33.6 Å². The second kappa shape index (κ2) is 4.77. The fraction of sp³-hybridized carbons (Fsp3) is 0.182. The van der Waals surface area contributed by atoms with Crippen LogP contribution in [-0.4, -0.2) is 11.6 Å². The summed E-state index contributed by atoms with van der Waals surface area (Å²) in [5, 5.41) is 2.03. The molecule has 0 spiro atoms. The van der Waals surface area contributed by atoms with Gasteiger partial charge in [-0.25, -0.2) is 4.98 Å². The summed E-state index contributed by atoms with van der Waals surface area (Å²) in [4.78, 5) is 4.26. The van der Waals surface area contributed by atoms with E-state index in [4.69, 9.17) is 4.74 Å². The van der Waals surface area contributed by atoms with Crippen LogP contribution in [0.15, 0.2) is 33.6 Å². The molecule has 0 saturated carbocycles. The van der Waals surface area contributed by atoms with E-state index in [1.807, 2.05) is 36.0 Å². The van der Waals surface area contributed by atoms with E-state index in [9.17, 15) is 0 Å². The number of nitrogens with zero attached hydrogens (tertiary/aromatic N) is 1. The van der Waals surface area contributed by atoms with Gasteiger partial charge in [0.2, 0.25) is 0 Å². The van der Waals surface area contributed by atoms with Crippen molar-refractivity contribution in [2.75, 3.05) is 6.61 Å². The Labute approximate surface area is 101 Å². The van der Waals surface area contributed by atoms with Crippen molar-refractivity contribution in [1.82, 2.24) is 4.98 Å². The Morgan fingerprint density at radius 3 is 2.93 bits per heavy atom. The largest absolute Gasteiger partial charge is 0.493 e. The number of thiazole rings is 1. The lowest BCUT2D eigenvalue weighted by molar-refractivity contribution is 0.338. The molecule has 1 aromatic carbocycles. The molecule has 1 heterocycles. The first-order chi connectivity index (χ1) is 7.31.